The monoisotopic (exact) mass is 311 g/mol. The van der Waals surface area contributed by atoms with Gasteiger partial charge in [-0.2, -0.15) is 0 Å². The zero-order valence-electron chi connectivity index (χ0n) is 13.5. The molecule has 1 aromatic heterocycles. The topological polar surface area (TPSA) is 50.4 Å². The molecular weight excluding hydrogens is 290 g/mol. The third kappa shape index (κ3) is 3.52. The first-order valence-electron chi connectivity index (χ1n) is 7.76. The van der Waals surface area contributed by atoms with Gasteiger partial charge in [-0.25, -0.2) is 4.98 Å². The zero-order valence-corrected chi connectivity index (χ0v) is 13.5. The van der Waals surface area contributed by atoms with Crippen molar-refractivity contribution in [3.8, 4) is 11.4 Å². The molecule has 5 nitrogen and oxygen atoms in total. The average Bonchev–Trinajstić information content (AvgIpc) is 3.03. The Bertz CT molecular complexity index is 755. The molecule has 0 bridgehead atoms. The number of aromatic amines is 1. The standard InChI is InChI=1S/C18H21N3O2/c1-3-21(23-12-11-22-2)15-9-10-16-17(13-15)20-18(19-16)14-7-5-4-6-8-14/h4-10,13H,3,11-12H2,1-2H3,(H,19,20). The molecule has 23 heavy (non-hydrogen) atoms. The van der Waals surface area contributed by atoms with Crippen LogP contribution in [0, 0.1) is 0 Å². The molecule has 3 aromatic rings. The summed E-state index contributed by atoms with van der Waals surface area (Å²) in [6, 6.07) is 16.2. The van der Waals surface area contributed by atoms with E-state index in [1.807, 2.05) is 47.5 Å². The minimum absolute atomic E-state index is 0.528. The van der Waals surface area contributed by atoms with Crippen LogP contribution in [0.3, 0.4) is 0 Å². The second-order valence-electron chi connectivity index (χ2n) is 5.17. The normalized spacial score (nSPS) is 11.0. The molecule has 0 radical (unpaired) electrons. The van der Waals surface area contributed by atoms with Gasteiger partial charge in [0.1, 0.15) is 5.82 Å². The molecule has 0 fully saturated rings. The number of rotatable bonds is 7. The van der Waals surface area contributed by atoms with Gasteiger partial charge >= 0.3 is 0 Å². The molecule has 1 N–H and O–H groups in total. The number of ether oxygens (including phenoxy) is 1. The summed E-state index contributed by atoms with van der Waals surface area (Å²) in [5, 5.41) is 1.86. The van der Waals surface area contributed by atoms with Crippen LogP contribution in [0.1, 0.15) is 6.92 Å². The quantitative estimate of drug-likeness (QED) is 0.535. The fraction of sp³-hybridized carbons (Fsp3) is 0.278. The van der Waals surface area contributed by atoms with Crippen LogP contribution in [-0.4, -0.2) is 36.8 Å². The predicted molar refractivity (Wildman–Crippen MR) is 92.4 cm³/mol. The Kier molecular flexibility index (Phi) is 4.90. The Hall–Kier alpha value is -2.37. The van der Waals surface area contributed by atoms with Gasteiger partial charge in [0.2, 0.25) is 0 Å². The van der Waals surface area contributed by atoms with Crippen LogP contribution in [0.2, 0.25) is 0 Å². The van der Waals surface area contributed by atoms with Crippen LogP contribution in [0.5, 0.6) is 0 Å². The molecule has 0 aliphatic rings. The molecular formula is C18H21N3O2. The summed E-state index contributed by atoms with van der Waals surface area (Å²) >= 11 is 0. The fourth-order valence-electron chi connectivity index (χ4n) is 2.46. The van der Waals surface area contributed by atoms with Crippen LogP contribution < -0.4 is 5.06 Å². The Labute approximate surface area is 135 Å². The van der Waals surface area contributed by atoms with Crippen LogP contribution in [-0.2, 0) is 9.57 Å². The van der Waals surface area contributed by atoms with E-state index in [4.69, 9.17) is 9.57 Å². The number of hydrogen-bond acceptors (Lipinski definition) is 4. The van der Waals surface area contributed by atoms with E-state index < -0.39 is 0 Å². The molecule has 0 unspecified atom stereocenters. The second-order valence-corrected chi connectivity index (χ2v) is 5.17. The summed E-state index contributed by atoms with van der Waals surface area (Å²) in [5.74, 6) is 0.876. The molecule has 3 rings (SSSR count). The summed E-state index contributed by atoms with van der Waals surface area (Å²) in [4.78, 5) is 13.8. The number of nitrogens with one attached hydrogen (secondary N) is 1. The second kappa shape index (κ2) is 7.26. The Balaban J connectivity index is 1.86. The minimum Gasteiger partial charge on any atom is -0.382 e. The summed E-state index contributed by atoms with van der Waals surface area (Å²) in [5.41, 5.74) is 4.02. The largest absolute Gasteiger partial charge is 0.382 e. The van der Waals surface area contributed by atoms with E-state index in [-0.39, 0.29) is 0 Å². The van der Waals surface area contributed by atoms with Gasteiger partial charge in [-0.1, -0.05) is 30.3 Å². The SMILES string of the molecule is CCN(OCCOC)c1ccc2nc(-c3ccccc3)[nH]c2c1. The number of benzene rings is 2. The first-order valence-corrected chi connectivity index (χ1v) is 7.76. The van der Waals surface area contributed by atoms with Gasteiger partial charge in [0.05, 0.1) is 29.9 Å². The molecule has 0 saturated heterocycles. The molecule has 120 valence electrons. The Morgan fingerprint density at radius 1 is 1.09 bits per heavy atom. The lowest BCUT2D eigenvalue weighted by Crippen LogP contribution is -2.24. The number of hydrogen-bond donors (Lipinski definition) is 1. The number of H-pyrrole nitrogens is 1. The first kappa shape index (κ1) is 15.5. The van der Waals surface area contributed by atoms with Gasteiger partial charge in [-0.05, 0) is 25.1 Å². The molecule has 0 saturated carbocycles. The smallest absolute Gasteiger partial charge is 0.138 e. The predicted octanol–water partition coefficient (Wildman–Crippen LogP) is 3.63. The molecule has 1 heterocycles. The van der Waals surface area contributed by atoms with Crippen LogP contribution in [0.15, 0.2) is 48.5 Å². The van der Waals surface area contributed by atoms with Crippen molar-refractivity contribution in [2.75, 3.05) is 31.9 Å². The van der Waals surface area contributed by atoms with Crippen molar-refractivity contribution in [3.05, 3.63) is 48.5 Å². The van der Waals surface area contributed by atoms with E-state index in [2.05, 4.69) is 23.0 Å². The molecule has 0 aliphatic heterocycles. The molecule has 2 aromatic carbocycles. The van der Waals surface area contributed by atoms with Crippen molar-refractivity contribution in [1.29, 1.82) is 0 Å². The summed E-state index contributed by atoms with van der Waals surface area (Å²) < 4.78 is 5.03. The number of hydroxylamine groups is 1. The Morgan fingerprint density at radius 2 is 1.91 bits per heavy atom. The number of aromatic nitrogens is 2. The number of methoxy groups -OCH3 is 1. The average molecular weight is 311 g/mol. The fourth-order valence-corrected chi connectivity index (χ4v) is 2.46. The van der Waals surface area contributed by atoms with Gasteiger partial charge in [-0.3, -0.25) is 9.90 Å². The van der Waals surface area contributed by atoms with E-state index in [1.54, 1.807) is 7.11 Å². The molecule has 0 spiro atoms. The van der Waals surface area contributed by atoms with Crippen LogP contribution in [0.4, 0.5) is 5.69 Å². The van der Waals surface area contributed by atoms with Crippen molar-refractivity contribution in [3.63, 3.8) is 0 Å². The molecule has 0 aliphatic carbocycles. The van der Waals surface area contributed by atoms with E-state index in [0.717, 1.165) is 34.7 Å². The van der Waals surface area contributed by atoms with Crippen molar-refractivity contribution in [2.24, 2.45) is 0 Å². The van der Waals surface area contributed by atoms with Crippen molar-refractivity contribution in [1.82, 2.24) is 9.97 Å². The number of imidazole rings is 1. The van der Waals surface area contributed by atoms with Crippen molar-refractivity contribution < 1.29 is 9.57 Å². The van der Waals surface area contributed by atoms with E-state index >= 15 is 0 Å². The first-order chi connectivity index (χ1) is 11.3. The summed E-state index contributed by atoms with van der Waals surface area (Å²) in [6.07, 6.45) is 0. The van der Waals surface area contributed by atoms with Crippen molar-refractivity contribution >= 4 is 16.7 Å². The van der Waals surface area contributed by atoms with Crippen LogP contribution >= 0.6 is 0 Å². The lowest BCUT2D eigenvalue weighted by atomic mass is 10.2. The van der Waals surface area contributed by atoms with Gasteiger partial charge in [0.25, 0.3) is 0 Å². The maximum atomic E-state index is 5.73. The van der Waals surface area contributed by atoms with E-state index in [9.17, 15) is 0 Å². The third-order valence-corrected chi connectivity index (χ3v) is 3.62. The lowest BCUT2D eigenvalue weighted by molar-refractivity contribution is 0.0564. The van der Waals surface area contributed by atoms with Crippen LogP contribution in [0.25, 0.3) is 22.4 Å². The highest BCUT2D eigenvalue weighted by Crippen LogP contribution is 2.24. The minimum atomic E-state index is 0.528. The maximum absolute atomic E-state index is 5.73. The highest BCUT2D eigenvalue weighted by Gasteiger charge is 2.09. The van der Waals surface area contributed by atoms with Gasteiger partial charge in [0.15, 0.2) is 0 Å². The molecule has 5 heteroatoms. The third-order valence-electron chi connectivity index (χ3n) is 3.62. The van der Waals surface area contributed by atoms with Gasteiger partial charge < -0.3 is 9.72 Å². The lowest BCUT2D eigenvalue weighted by Gasteiger charge is -2.22. The molecule has 0 atom stereocenters. The van der Waals surface area contributed by atoms with E-state index in [0.29, 0.717) is 13.2 Å². The number of anilines is 1. The molecule has 0 amide bonds. The van der Waals surface area contributed by atoms with E-state index in [1.165, 1.54) is 0 Å². The summed E-state index contributed by atoms with van der Waals surface area (Å²) in [6.45, 7) is 3.91. The Morgan fingerprint density at radius 3 is 2.65 bits per heavy atom. The maximum Gasteiger partial charge on any atom is 0.138 e. The zero-order chi connectivity index (χ0) is 16.1. The summed E-state index contributed by atoms with van der Waals surface area (Å²) in [7, 11) is 1.67. The highest BCUT2D eigenvalue weighted by atomic mass is 16.7. The number of nitrogens with zero attached hydrogens (tertiary/aromatic N) is 2. The number of fused-ring (bicyclic) bond motifs is 1. The van der Waals surface area contributed by atoms with Crippen molar-refractivity contribution in [2.45, 2.75) is 6.92 Å². The van der Waals surface area contributed by atoms with Gasteiger partial charge in [0, 0.05) is 19.2 Å². The van der Waals surface area contributed by atoms with Gasteiger partial charge in [-0.15, -0.1) is 0 Å². The highest BCUT2D eigenvalue weighted by molar-refractivity contribution is 5.82.